The van der Waals surface area contributed by atoms with Gasteiger partial charge in [0.2, 0.25) is 0 Å². The Hall–Kier alpha value is -0.890. The minimum Gasteiger partial charge on any atom is -0.398 e. The molecule has 15 heavy (non-hydrogen) atoms. The summed E-state index contributed by atoms with van der Waals surface area (Å²) in [6.45, 7) is 5.37. The van der Waals surface area contributed by atoms with Gasteiger partial charge in [0.1, 0.15) is 0 Å². The summed E-state index contributed by atoms with van der Waals surface area (Å²) in [6, 6.07) is 3.83. The maximum atomic E-state index is 5.99. The lowest BCUT2D eigenvalue weighted by atomic mass is 10.1. The Morgan fingerprint density at radius 3 is 2.73 bits per heavy atom. The summed E-state index contributed by atoms with van der Waals surface area (Å²) < 4.78 is 0. The summed E-state index contributed by atoms with van der Waals surface area (Å²) in [6.07, 6.45) is 2.64. The molecule has 1 aliphatic carbocycles. The zero-order valence-electron chi connectivity index (χ0n) is 9.23. The van der Waals surface area contributed by atoms with Gasteiger partial charge in [-0.05, 0) is 42.9 Å². The van der Waals surface area contributed by atoms with E-state index in [9.17, 15) is 0 Å². The highest BCUT2D eigenvalue weighted by molar-refractivity contribution is 6.33. The number of aryl methyl sites for hydroxylation is 1. The van der Waals surface area contributed by atoms with E-state index in [1.54, 1.807) is 0 Å². The van der Waals surface area contributed by atoms with Crippen LogP contribution in [0.15, 0.2) is 12.1 Å². The molecule has 3 heteroatoms. The first kappa shape index (κ1) is 10.6. The van der Waals surface area contributed by atoms with Crippen LogP contribution in [0.4, 0.5) is 11.4 Å². The molecule has 3 N–H and O–H groups in total. The Labute approximate surface area is 95.8 Å². The van der Waals surface area contributed by atoms with Crippen LogP contribution in [0.3, 0.4) is 0 Å². The molecule has 2 rings (SSSR count). The van der Waals surface area contributed by atoms with Gasteiger partial charge < -0.3 is 11.1 Å². The van der Waals surface area contributed by atoms with Crippen LogP contribution < -0.4 is 11.1 Å². The quantitative estimate of drug-likeness (QED) is 0.772. The van der Waals surface area contributed by atoms with Gasteiger partial charge in [-0.2, -0.15) is 0 Å². The van der Waals surface area contributed by atoms with Crippen molar-refractivity contribution in [3.8, 4) is 0 Å². The van der Waals surface area contributed by atoms with E-state index in [0.29, 0.717) is 16.1 Å². The molecule has 1 aliphatic rings. The molecule has 1 saturated carbocycles. The van der Waals surface area contributed by atoms with Gasteiger partial charge in [-0.25, -0.2) is 0 Å². The predicted molar refractivity (Wildman–Crippen MR) is 66.4 cm³/mol. The van der Waals surface area contributed by atoms with Crippen LogP contribution >= 0.6 is 11.6 Å². The average Bonchev–Trinajstić information content (AvgIpc) is 2.89. The monoisotopic (exact) mass is 224 g/mol. The van der Waals surface area contributed by atoms with Gasteiger partial charge in [0.05, 0.1) is 10.7 Å². The zero-order valence-corrected chi connectivity index (χ0v) is 9.99. The molecule has 82 valence electrons. The molecule has 0 unspecified atom stereocenters. The van der Waals surface area contributed by atoms with Gasteiger partial charge in [0, 0.05) is 12.2 Å². The van der Waals surface area contributed by atoms with Crippen LogP contribution in [0.2, 0.25) is 5.02 Å². The normalized spacial score (nSPS) is 17.5. The third kappa shape index (κ3) is 2.37. The number of halogens is 1. The summed E-state index contributed by atoms with van der Waals surface area (Å²) in [4.78, 5) is 0. The van der Waals surface area contributed by atoms with Gasteiger partial charge in [-0.15, -0.1) is 0 Å². The summed E-state index contributed by atoms with van der Waals surface area (Å²) >= 11 is 5.99. The van der Waals surface area contributed by atoms with Crippen molar-refractivity contribution in [1.29, 1.82) is 0 Å². The molecule has 0 saturated heterocycles. The van der Waals surface area contributed by atoms with Crippen molar-refractivity contribution in [2.45, 2.75) is 26.7 Å². The van der Waals surface area contributed by atoms with Crippen LogP contribution in [-0.4, -0.2) is 6.54 Å². The second-order valence-corrected chi connectivity index (χ2v) is 5.26. The third-order valence-corrected chi connectivity index (χ3v) is 3.48. The summed E-state index contributed by atoms with van der Waals surface area (Å²) in [7, 11) is 0. The standard InChI is InChI=1S/C12H17ClN2/c1-8-5-10(14)9(13)6-11(8)15-7-12(2)3-4-12/h5-6,15H,3-4,7,14H2,1-2H3. The average molecular weight is 225 g/mol. The van der Waals surface area contributed by atoms with Crippen molar-refractivity contribution >= 4 is 23.0 Å². The summed E-state index contributed by atoms with van der Waals surface area (Å²) in [5.74, 6) is 0. The Morgan fingerprint density at radius 1 is 1.47 bits per heavy atom. The minimum atomic E-state index is 0.500. The lowest BCUT2D eigenvalue weighted by molar-refractivity contribution is 0.610. The Balaban J connectivity index is 2.10. The van der Waals surface area contributed by atoms with Crippen molar-refractivity contribution in [2.24, 2.45) is 5.41 Å². The largest absolute Gasteiger partial charge is 0.398 e. The van der Waals surface area contributed by atoms with E-state index in [0.717, 1.165) is 17.8 Å². The highest BCUT2D eigenvalue weighted by Gasteiger charge is 2.36. The van der Waals surface area contributed by atoms with Gasteiger partial charge in [-0.3, -0.25) is 0 Å². The van der Waals surface area contributed by atoms with Gasteiger partial charge >= 0.3 is 0 Å². The Kier molecular flexibility index (Phi) is 2.55. The van der Waals surface area contributed by atoms with Crippen LogP contribution in [0.1, 0.15) is 25.3 Å². The second kappa shape index (κ2) is 3.60. The smallest absolute Gasteiger partial charge is 0.0656 e. The van der Waals surface area contributed by atoms with Gasteiger partial charge in [-0.1, -0.05) is 18.5 Å². The number of benzene rings is 1. The van der Waals surface area contributed by atoms with Crippen molar-refractivity contribution in [2.75, 3.05) is 17.6 Å². The van der Waals surface area contributed by atoms with Crippen molar-refractivity contribution in [3.05, 3.63) is 22.7 Å². The molecule has 0 bridgehead atoms. The molecule has 0 heterocycles. The first-order valence-electron chi connectivity index (χ1n) is 5.30. The molecule has 0 radical (unpaired) electrons. The topological polar surface area (TPSA) is 38.0 Å². The fraction of sp³-hybridized carbons (Fsp3) is 0.500. The third-order valence-electron chi connectivity index (χ3n) is 3.15. The van der Waals surface area contributed by atoms with Crippen LogP contribution in [-0.2, 0) is 0 Å². The van der Waals surface area contributed by atoms with Gasteiger partial charge in [0.25, 0.3) is 0 Å². The predicted octanol–water partition coefficient (Wildman–Crippen LogP) is 3.44. The Bertz CT molecular complexity index is 383. The number of hydrogen-bond acceptors (Lipinski definition) is 2. The molecular formula is C12H17ClN2. The van der Waals surface area contributed by atoms with Gasteiger partial charge in [0.15, 0.2) is 0 Å². The molecule has 1 aromatic rings. The fourth-order valence-electron chi connectivity index (χ4n) is 1.59. The summed E-state index contributed by atoms with van der Waals surface area (Å²) in [5, 5.41) is 4.07. The van der Waals surface area contributed by atoms with Crippen LogP contribution in [0.25, 0.3) is 0 Å². The maximum Gasteiger partial charge on any atom is 0.0656 e. The number of nitrogens with one attached hydrogen (secondary N) is 1. The van der Waals surface area contributed by atoms with E-state index in [1.165, 1.54) is 12.8 Å². The number of anilines is 2. The number of nitrogens with two attached hydrogens (primary N) is 1. The number of rotatable bonds is 3. The molecule has 0 aliphatic heterocycles. The fourth-order valence-corrected chi connectivity index (χ4v) is 1.76. The lowest BCUT2D eigenvalue weighted by Gasteiger charge is -2.14. The van der Waals surface area contributed by atoms with E-state index in [2.05, 4.69) is 12.2 Å². The first-order chi connectivity index (χ1) is 7.00. The molecule has 2 nitrogen and oxygen atoms in total. The molecule has 0 atom stereocenters. The van der Waals surface area contributed by atoms with Crippen molar-refractivity contribution in [3.63, 3.8) is 0 Å². The lowest BCUT2D eigenvalue weighted by Crippen LogP contribution is -2.12. The highest BCUT2D eigenvalue weighted by atomic mass is 35.5. The van der Waals surface area contributed by atoms with Crippen molar-refractivity contribution in [1.82, 2.24) is 0 Å². The second-order valence-electron chi connectivity index (χ2n) is 4.85. The van der Waals surface area contributed by atoms with Crippen LogP contribution in [0, 0.1) is 12.3 Å². The molecule has 0 amide bonds. The van der Waals surface area contributed by atoms with Crippen LogP contribution in [0.5, 0.6) is 0 Å². The molecule has 1 fully saturated rings. The van der Waals surface area contributed by atoms with E-state index >= 15 is 0 Å². The highest BCUT2D eigenvalue weighted by Crippen LogP contribution is 2.45. The van der Waals surface area contributed by atoms with E-state index in [4.69, 9.17) is 17.3 Å². The maximum absolute atomic E-state index is 5.99. The number of hydrogen-bond donors (Lipinski definition) is 2. The molecule has 0 aromatic heterocycles. The molecule has 1 aromatic carbocycles. The Morgan fingerprint density at radius 2 is 2.13 bits per heavy atom. The summed E-state index contributed by atoms with van der Waals surface area (Å²) in [5.41, 5.74) is 9.13. The first-order valence-corrected chi connectivity index (χ1v) is 5.67. The molecular weight excluding hydrogens is 208 g/mol. The number of nitrogen functional groups attached to an aromatic ring is 1. The molecule has 0 spiro atoms. The minimum absolute atomic E-state index is 0.500. The zero-order chi connectivity index (χ0) is 11.1. The SMILES string of the molecule is Cc1cc(N)c(Cl)cc1NCC1(C)CC1. The van der Waals surface area contributed by atoms with E-state index < -0.39 is 0 Å². The van der Waals surface area contributed by atoms with Crippen molar-refractivity contribution < 1.29 is 0 Å². The van der Waals surface area contributed by atoms with E-state index in [1.807, 2.05) is 19.1 Å². The van der Waals surface area contributed by atoms with E-state index in [-0.39, 0.29) is 0 Å².